The summed E-state index contributed by atoms with van der Waals surface area (Å²) < 4.78 is 1.75. The standard InChI is InChI=1S/C17H14N6OS/c1-11(24)19-14-6-4-12(5-7-14)15-10-25-17-21-20-16(23(17)22-15)13-3-2-8-18-9-13/h2-9H,10H2,1H3,(H,19,24). The van der Waals surface area contributed by atoms with Crippen molar-refractivity contribution in [2.75, 3.05) is 11.1 Å². The number of hydrogen-bond acceptors (Lipinski definition) is 6. The van der Waals surface area contributed by atoms with Crippen LogP contribution in [-0.2, 0) is 4.79 Å². The Bertz CT molecular complexity index is 949. The Morgan fingerprint density at radius 1 is 1.16 bits per heavy atom. The molecule has 3 heterocycles. The van der Waals surface area contributed by atoms with Crippen LogP contribution in [0.4, 0.5) is 5.69 Å². The lowest BCUT2D eigenvalue weighted by Gasteiger charge is -2.14. The first kappa shape index (κ1) is 15.5. The van der Waals surface area contributed by atoms with Gasteiger partial charge in [-0.15, -0.1) is 10.2 Å². The number of hydrogen-bond donors (Lipinski definition) is 1. The lowest BCUT2D eigenvalue weighted by molar-refractivity contribution is -0.114. The van der Waals surface area contributed by atoms with E-state index in [0.29, 0.717) is 11.6 Å². The first-order chi connectivity index (χ1) is 12.2. The molecule has 0 spiro atoms. The second kappa shape index (κ2) is 6.48. The third-order valence-electron chi connectivity index (χ3n) is 3.63. The van der Waals surface area contributed by atoms with Crippen LogP contribution in [0, 0.1) is 0 Å². The molecule has 1 aliphatic heterocycles. The molecule has 1 aromatic carbocycles. The van der Waals surface area contributed by atoms with E-state index in [0.717, 1.165) is 27.7 Å². The molecule has 1 amide bonds. The van der Waals surface area contributed by atoms with Gasteiger partial charge in [0.05, 0.1) is 5.71 Å². The number of aromatic nitrogens is 4. The Kier molecular flexibility index (Phi) is 4.02. The molecule has 8 heteroatoms. The molecule has 7 nitrogen and oxygen atoms in total. The van der Waals surface area contributed by atoms with Gasteiger partial charge in [0.1, 0.15) is 0 Å². The molecule has 4 rings (SSSR count). The first-order valence-corrected chi connectivity index (χ1v) is 8.64. The smallest absolute Gasteiger partial charge is 0.221 e. The molecular formula is C17H14N6OS. The number of benzene rings is 1. The van der Waals surface area contributed by atoms with Crippen molar-refractivity contribution < 1.29 is 4.79 Å². The van der Waals surface area contributed by atoms with Crippen molar-refractivity contribution in [2.24, 2.45) is 5.10 Å². The summed E-state index contributed by atoms with van der Waals surface area (Å²) in [6, 6.07) is 11.4. The SMILES string of the molecule is CC(=O)Nc1ccc(C2=Nn3c(nnc3-c3cccnc3)SC2)cc1. The first-order valence-electron chi connectivity index (χ1n) is 7.65. The maximum Gasteiger partial charge on any atom is 0.221 e. The second-order valence-electron chi connectivity index (χ2n) is 5.45. The highest BCUT2D eigenvalue weighted by Gasteiger charge is 2.20. The van der Waals surface area contributed by atoms with E-state index in [1.807, 2.05) is 36.4 Å². The van der Waals surface area contributed by atoms with Gasteiger partial charge in [0.15, 0.2) is 5.82 Å². The Morgan fingerprint density at radius 3 is 2.72 bits per heavy atom. The number of nitrogens with one attached hydrogen (secondary N) is 1. The van der Waals surface area contributed by atoms with Crippen LogP contribution >= 0.6 is 11.8 Å². The van der Waals surface area contributed by atoms with Gasteiger partial charge in [-0.2, -0.15) is 9.78 Å². The fourth-order valence-electron chi connectivity index (χ4n) is 2.49. The largest absolute Gasteiger partial charge is 0.326 e. The molecule has 0 fully saturated rings. The summed E-state index contributed by atoms with van der Waals surface area (Å²) in [7, 11) is 0. The van der Waals surface area contributed by atoms with Gasteiger partial charge in [0.25, 0.3) is 0 Å². The molecule has 1 aliphatic rings. The van der Waals surface area contributed by atoms with Crippen LogP contribution in [0.3, 0.4) is 0 Å². The van der Waals surface area contributed by atoms with E-state index >= 15 is 0 Å². The van der Waals surface area contributed by atoms with Gasteiger partial charge in [0.2, 0.25) is 11.1 Å². The van der Waals surface area contributed by atoms with Crippen LogP contribution in [0.1, 0.15) is 12.5 Å². The van der Waals surface area contributed by atoms with Crippen molar-refractivity contribution in [1.82, 2.24) is 19.9 Å². The minimum atomic E-state index is -0.0893. The Morgan fingerprint density at radius 2 is 2.00 bits per heavy atom. The number of thioether (sulfide) groups is 1. The van der Waals surface area contributed by atoms with E-state index in [1.54, 1.807) is 28.8 Å². The molecule has 0 unspecified atom stereocenters. The highest BCUT2D eigenvalue weighted by atomic mass is 32.2. The number of anilines is 1. The van der Waals surface area contributed by atoms with Crippen LogP contribution in [0.15, 0.2) is 59.0 Å². The minimum Gasteiger partial charge on any atom is -0.326 e. The number of pyridine rings is 1. The monoisotopic (exact) mass is 350 g/mol. The zero-order valence-corrected chi connectivity index (χ0v) is 14.2. The lowest BCUT2D eigenvalue weighted by atomic mass is 10.1. The van der Waals surface area contributed by atoms with Crippen molar-refractivity contribution in [1.29, 1.82) is 0 Å². The van der Waals surface area contributed by atoms with Gasteiger partial charge in [-0.1, -0.05) is 23.9 Å². The van der Waals surface area contributed by atoms with Crippen LogP contribution in [-0.4, -0.2) is 37.2 Å². The summed E-state index contributed by atoms with van der Waals surface area (Å²) in [5.41, 5.74) is 3.56. The van der Waals surface area contributed by atoms with Crippen LogP contribution in [0.2, 0.25) is 0 Å². The van der Waals surface area contributed by atoms with E-state index in [4.69, 9.17) is 5.10 Å². The fraction of sp³-hybridized carbons (Fsp3) is 0.118. The van der Waals surface area contributed by atoms with E-state index in [9.17, 15) is 4.79 Å². The second-order valence-corrected chi connectivity index (χ2v) is 6.40. The van der Waals surface area contributed by atoms with E-state index in [2.05, 4.69) is 20.5 Å². The summed E-state index contributed by atoms with van der Waals surface area (Å²) in [6.45, 7) is 1.49. The topological polar surface area (TPSA) is 85.1 Å². The molecule has 0 saturated carbocycles. The number of nitrogens with zero attached hydrogens (tertiary/aromatic N) is 5. The lowest BCUT2D eigenvalue weighted by Crippen LogP contribution is -2.14. The van der Waals surface area contributed by atoms with Crippen LogP contribution in [0.25, 0.3) is 11.4 Å². The Hall–Kier alpha value is -3.00. The highest BCUT2D eigenvalue weighted by molar-refractivity contribution is 7.99. The van der Waals surface area contributed by atoms with Crippen molar-refractivity contribution in [3.8, 4) is 11.4 Å². The Labute approximate surface area is 148 Å². The molecule has 2 aromatic heterocycles. The summed E-state index contributed by atoms with van der Waals surface area (Å²) in [5.74, 6) is 1.29. The zero-order valence-electron chi connectivity index (χ0n) is 13.4. The van der Waals surface area contributed by atoms with Gasteiger partial charge >= 0.3 is 0 Å². The summed E-state index contributed by atoms with van der Waals surface area (Å²) in [4.78, 5) is 15.2. The third-order valence-corrected chi connectivity index (χ3v) is 4.56. The number of rotatable bonds is 3. The average Bonchev–Trinajstić information content (AvgIpc) is 3.06. The van der Waals surface area contributed by atoms with Crippen molar-refractivity contribution in [2.45, 2.75) is 12.1 Å². The van der Waals surface area contributed by atoms with Gasteiger partial charge in [0, 0.05) is 36.3 Å². The quantitative estimate of drug-likeness (QED) is 0.785. The molecule has 0 saturated heterocycles. The highest BCUT2D eigenvalue weighted by Crippen LogP contribution is 2.28. The van der Waals surface area contributed by atoms with Crippen molar-refractivity contribution in [3.05, 3.63) is 54.4 Å². The van der Waals surface area contributed by atoms with Crippen molar-refractivity contribution in [3.63, 3.8) is 0 Å². The molecule has 124 valence electrons. The van der Waals surface area contributed by atoms with Crippen LogP contribution < -0.4 is 5.32 Å². The van der Waals surface area contributed by atoms with E-state index in [-0.39, 0.29) is 5.91 Å². The molecule has 25 heavy (non-hydrogen) atoms. The maximum absolute atomic E-state index is 11.1. The molecule has 1 N–H and O–H groups in total. The predicted octanol–water partition coefficient (Wildman–Crippen LogP) is 2.66. The van der Waals surface area contributed by atoms with Gasteiger partial charge in [-0.25, -0.2) is 0 Å². The third kappa shape index (κ3) is 3.16. The number of amides is 1. The molecule has 0 aliphatic carbocycles. The molecule has 3 aromatic rings. The maximum atomic E-state index is 11.1. The van der Waals surface area contributed by atoms with Crippen LogP contribution in [0.5, 0.6) is 0 Å². The van der Waals surface area contributed by atoms with Gasteiger partial charge in [-0.05, 0) is 29.8 Å². The van der Waals surface area contributed by atoms with E-state index < -0.39 is 0 Å². The average molecular weight is 350 g/mol. The molecular weight excluding hydrogens is 336 g/mol. The van der Waals surface area contributed by atoms with Gasteiger partial charge in [-0.3, -0.25) is 9.78 Å². The van der Waals surface area contributed by atoms with E-state index in [1.165, 1.54) is 6.92 Å². The zero-order chi connectivity index (χ0) is 17.2. The fourth-order valence-corrected chi connectivity index (χ4v) is 3.33. The number of fused-ring (bicyclic) bond motifs is 1. The normalized spacial score (nSPS) is 13.1. The molecule has 0 bridgehead atoms. The summed E-state index contributed by atoms with van der Waals surface area (Å²) in [6.07, 6.45) is 3.46. The van der Waals surface area contributed by atoms with Gasteiger partial charge < -0.3 is 5.32 Å². The van der Waals surface area contributed by atoms with Crippen molar-refractivity contribution >= 4 is 29.1 Å². The minimum absolute atomic E-state index is 0.0893. The summed E-state index contributed by atoms with van der Waals surface area (Å²) in [5, 5.41) is 16.7. The summed E-state index contributed by atoms with van der Waals surface area (Å²) >= 11 is 1.59. The predicted molar refractivity (Wildman–Crippen MR) is 96.7 cm³/mol. The molecule has 0 radical (unpaired) electrons. The number of carbonyl (C=O) groups is 1. The number of carbonyl (C=O) groups excluding carboxylic acids is 1. The molecule has 0 atom stereocenters. The Balaban J connectivity index is 1.68.